The lowest BCUT2D eigenvalue weighted by Gasteiger charge is -2.23. The van der Waals surface area contributed by atoms with E-state index in [0.29, 0.717) is 11.3 Å². The lowest BCUT2D eigenvalue weighted by molar-refractivity contribution is -0.306. The standard InChI is InChI=1S/C19H36O3/c1-15(2)17(13-9-10-14-19(3,4)5)18(20)22-21-16-11-7-6-8-12-16/h15-17H,6-14H2,1-5H3. The Morgan fingerprint density at radius 3 is 2.27 bits per heavy atom. The van der Waals surface area contributed by atoms with Crippen LogP contribution < -0.4 is 0 Å². The van der Waals surface area contributed by atoms with Gasteiger partial charge in [0, 0.05) is 0 Å². The highest BCUT2D eigenvalue weighted by atomic mass is 17.2. The molecule has 0 amide bonds. The van der Waals surface area contributed by atoms with E-state index in [1.54, 1.807) is 0 Å². The van der Waals surface area contributed by atoms with Gasteiger partial charge in [0.1, 0.15) is 6.10 Å². The van der Waals surface area contributed by atoms with Crippen LogP contribution >= 0.6 is 0 Å². The highest BCUT2D eigenvalue weighted by molar-refractivity contribution is 5.72. The van der Waals surface area contributed by atoms with E-state index in [9.17, 15) is 4.79 Å². The summed E-state index contributed by atoms with van der Waals surface area (Å²) in [6.07, 6.45) is 10.2. The quantitative estimate of drug-likeness (QED) is 0.329. The van der Waals surface area contributed by atoms with Crippen LogP contribution in [0.3, 0.4) is 0 Å². The molecule has 1 rings (SSSR count). The fourth-order valence-electron chi connectivity index (χ4n) is 3.08. The minimum atomic E-state index is -0.170. The number of unbranched alkanes of at least 4 members (excludes halogenated alkanes) is 1. The third-order valence-corrected chi connectivity index (χ3v) is 4.62. The van der Waals surface area contributed by atoms with Crippen LogP contribution in [0, 0.1) is 17.3 Å². The van der Waals surface area contributed by atoms with Gasteiger partial charge in [0.2, 0.25) is 0 Å². The zero-order valence-electron chi connectivity index (χ0n) is 15.3. The van der Waals surface area contributed by atoms with Crippen molar-refractivity contribution in [2.45, 2.75) is 98.5 Å². The van der Waals surface area contributed by atoms with Crippen LogP contribution in [0.2, 0.25) is 0 Å². The van der Waals surface area contributed by atoms with Crippen molar-refractivity contribution in [2.75, 3.05) is 0 Å². The first kappa shape index (κ1) is 19.5. The third kappa shape index (κ3) is 8.17. The monoisotopic (exact) mass is 312 g/mol. The van der Waals surface area contributed by atoms with Gasteiger partial charge in [-0.25, -0.2) is 4.79 Å². The summed E-state index contributed by atoms with van der Waals surface area (Å²) >= 11 is 0. The average Bonchev–Trinajstić information content (AvgIpc) is 2.44. The third-order valence-electron chi connectivity index (χ3n) is 4.62. The Kier molecular flexibility index (Phi) is 8.45. The minimum Gasteiger partial charge on any atom is -0.298 e. The second-order valence-corrected chi connectivity index (χ2v) is 8.42. The summed E-state index contributed by atoms with van der Waals surface area (Å²) in [5.41, 5.74) is 0.373. The molecule has 1 aliphatic rings. The summed E-state index contributed by atoms with van der Waals surface area (Å²) in [7, 11) is 0. The van der Waals surface area contributed by atoms with Crippen LogP contribution in [-0.2, 0) is 14.6 Å². The molecule has 0 aromatic carbocycles. The molecule has 1 atom stereocenters. The smallest absolute Gasteiger partial charge is 0.298 e. The molecule has 1 saturated carbocycles. The van der Waals surface area contributed by atoms with Crippen LogP contribution in [0.1, 0.15) is 92.4 Å². The van der Waals surface area contributed by atoms with Gasteiger partial charge in [0.05, 0.1) is 5.92 Å². The highest BCUT2D eigenvalue weighted by Gasteiger charge is 2.26. The van der Waals surface area contributed by atoms with Crippen LogP contribution in [0.5, 0.6) is 0 Å². The predicted octanol–water partition coefficient (Wildman–Crippen LogP) is 5.67. The van der Waals surface area contributed by atoms with Gasteiger partial charge in [-0.1, -0.05) is 66.7 Å². The minimum absolute atomic E-state index is 0.0384. The Labute approximate surface area is 137 Å². The first-order chi connectivity index (χ1) is 10.3. The Balaban J connectivity index is 2.29. The fraction of sp³-hybridized carbons (Fsp3) is 0.947. The topological polar surface area (TPSA) is 35.5 Å². The van der Waals surface area contributed by atoms with Gasteiger partial charge in [0.15, 0.2) is 0 Å². The molecule has 0 radical (unpaired) electrons. The average molecular weight is 312 g/mol. The van der Waals surface area contributed by atoms with Crippen LogP contribution in [0.4, 0.5) is 0 Å². The van der Waals surface area contributed by atoms with Crippen LogP contribution in [0.15, 0.2) is 0 Å². The normalized spacial score (nSPS) is 18.5. The molecule has 0 spiro atoms. The van der Waals surface area contributed by atoms with Crippen molar-refractivity contribution in [1.29, 1.82) is 0 Å². The molecule has 130 valence electrons. The van der Waals surface area contributed by atoms with Crippen molar-refractivity contribution in [1.82, 2.24) is 0 Å². The second kappa shape index (κ2) is 9.54. The maximum absolute atomic E-state index is 12.3. The molecule has 1 aliphatic carbocycles. The highest BCUT2D eigenvalue weighted by Crippen LogP contribution is 2.26. The molecule has 0 aromatic heterocycles. The number of carbonyl (C=O) groups excluding carboxylic acids is 1. The van der Waals surface area contributed by atoms with E-state index in [-0.39, 0.29) is 18.0 Å². The summed E-state index contributed by atoms with van der Waals surface area (Å²) < 4.78 is 0. The van der Waals surface area contributed by atoms with Crippen LogP contribution in [0.25, 0.3) is 0 Å². The van der Waals surface area contributed by atoms with Crippen molar-refractivity contribution in [2.24, 2.45) is 17.3 Å². The number of hydrogen-bond acceptors (Lipinski definition) is 3. The maximum Gasteiger partial charge on any atom is 0.345 e. The van der Waals surface area contributed by atoms with Gasteiger partial charge < -0.3 is 0 Å². The summed E-state index contributed by atoms with van der Waals surface area (Å²) in [5.74, 6) is 0.0944. The van der Waals surface area contributed by atoms with E-state index in [1.165, 1.54) is 32.1 Å². The maximum atomic E-state index is 12.3. The molecule has 0 aromatic rings. The van der Waals surface area contributed by atoms with Gasteiger partial charge >= 0.3 is 5.97 Å². The van der Waals surface area contributed by atoms with Gasteiger partial charge in [-0.15, -0.1) is 0 Å². The Morgan fingerprint density at radius 2 is 1.73 bits per heavy atom. The first-order valence-electron chi connectivity index (χ1n) is 9.17. The SMILES string of the molecule is CC(C)C(CCCCC(C)(C)C)C(=O)OOC1CCCCC1. The zero-order chi connectivity index (χ0) is 16.6. The molecule has 22 heavy (non-hydrogen) atoms. The van der Waals surface area contributed by atoms with Crippen molar-refractivity contribution < 1.29 is 14.6 Å². The van der Waals surface area contributed by atoms with Crippen molar-refractivity contribution >= 4 is 5.97 Å². The molecule has 0 aliphatic heterocycles. The summed E-state index contributed by atoms with van der Waals surface area (Å²) in [6.45, 7) is 11.0. The van der Waals surface area contributed by atoms with Gasteiger partial charge in [-0.2, -0.15) is 4.89 Å². The first-order valence-corrected chi connectivity index (χ1v) is 9.17. The Hall–Kier alpha value is -0.570. The number of rotatable bonds is 8. The lowest BCUT2D eigenvalue weighted by Crippen LogP contribution is -2.26. The van der Waals surface area contributed by atoms with Gasteiger partial charge in [-0.3, -0.25) is 4.89 Å². The molecule has 1 unspecified atom stereocenters. The fourth-order valence-corrected chi connectivity index (χ4v) is 3.08. The predicted molar refractivity (Wildman–Crippen MR) is 90.3 cm³/mol. The molecule has 3 nitrogen and oxygen atoms in total. The van der Waals surface area contributed by atoms with Gasteiger partial charge in [0.25, 0.3) is 0 Å². The molecular formula is C19H36O3. The molecule has 0 heterocycles. The number of hydrogen-bond donors (Lipinski definition) is 0. The largest absolute Gasteiger partial charge is 0.345 e. The Morgan fingerprint density at radius 1 is 1.09 bits per heavy atom. The molecule has 3 heteroatoms. The molecule has 0 N–H and O–H groups in total. The van der Waals surface area contributed by atoms with Crippen molar-refractivity contribution in [3.05, 3.63) is 0 Å². The number of carbonyl (C=O) groups is 1. The Bertz CT molecular complexity index is 311. The summed E-state index contributed by atoms with van der Waals surface area (Å²) in [4.78, 5) is 22.8. The molecule has 0 bridgehead atoms. The lowest BCUT2D eigenvalue weighted by atomic mass is 9.86. The molecule has 1 fully saturated rings. The zero-order valence-corrected chi connectivity index (χ0v) is 15.3. The van der Waals surface area contributed by atoms with Crippen molar-refractivity contribution in [3.63, 3.8) is 0 Å². The van der Waals surface area contributed by atoms with Crippen molar-refractivity contribution in [3.8, 4) is 0 Å². The van der Waals surface area contributed by atoms with E-state index in [2.05, 4.69) is 34.6 Å². The van der Waals surface area contributed by atoms with E-state index in [0.717, 1.165) is 25.7 Å². The summed E-state index contributed by atoms with van der Waals surface area (Å²) in [6, 6.07) is 0. The van der Waals surface area contributed by atoms with E-state index >= 15 is 0 Å². The van der Waals surface area contributed by atoms with E-state index in [1.807, 2.05) is 0 Å². The molecule has 0 saturated heterocycles. The summed E-state index contributed by atoms with van der Waals surface area (Å²) in [5, 5.41) is 0. The van der Waals surface area contributed by atoms with Crippen LogP contribution in [-0.4, -0.2) is 12.1 Å². The van der Waals surface area contributed by atoms with E-state index < -0.39 is 0 Å². The van der Waals surface area contributed by atoms with E-state index in [4.69, 9.17) is 9.78 Å². The second-order valence-electron chi connectivity index (χ2n) is 8.42. The molecular weight excluding hydrogens is 276 g/mol. The van der Waals surface area contributed by atoms with Gasteiger partial charge in [-0.05, 0) is 37.0 Å².